The molecule has 1 aliphatic heterocycles. The van der Waals surface area contributed by atoms with Crippen molar-refractivity contribution in [2.45, 2.75) is 18.2 Å². The molecule has 1 aromatic heterocycles. The maximum absolute atomic E-state index is 12.7. The zero-order chi connectivity index (χ0) is 19.1. The van der Waals surface area contributed by atoms with Gasteiger partial charge in [0.25, 0.3) is 0 Å². The van der Waals surface area contributed by atoms with Gasteiger partial charge in [-0.25, -0.2) is 8.42 Å². The van der Waals surface area contributed by atoms with E-state index in [0.717, 1.165) is 0 Å². The molecule has 3 aromatic rings. The van der Waals surface area contributed by atoms with Crippen molar-refractivity contribution in [2.24, 2.45) is 0 Å². The van der Waals surface area contributed by atoms with Gasteiger partial charge in [0.05, 0.1) is 17.1 Å². The molecule has 0 saturated heterocycles. The van der Waals surface area contributed by atoms with Crippen LogP contribution in [0.25, 0.3) is 0 Å². The Labute approximate surface area is 186 Å². The molecule has 0 saturated carbocycles. The summed E-state index contributed by atoms with van der Waals surface area (Å²) < 4.78 is 44.1. The molecule has 0 fully saturated rings. The Morgan fingerprint density at radius 3 is 1.96 bits per heavy atom. The number of anilines is 2. The van der Waals surface area contributed by atoms with E-state index in [4.69, 9.17) is 4.74 Å². The summed E-state index contributed by atoms with van der Waals surface area (Å²) in [5, 5.41) is 0. The Hall–Kier alpha value is -1.90. The molecule has 0 amide bonds. The predicted molar refractivity (Wildman–Crippen MR) is 101 cm³/mol. The Kier molecular flexibility index (Phi) is 5.84. The van der Waals surface area contributed by atoms with E-state index in [2.05, 4.69) is 4.98 Å². The van der Waals surface area contributed by atoms with E-state index < -0.39 is 15.0 Å². The molecule has 2 aromatic carbocycles. The first-order valence-corrected chi connectivity index (χ1v) is 9.93. The van der Waals surface area contributed by atoms with E-state index in [1.807, 2.05) is 0 Å². The van der Waals surface area contributed by atoms with Crippen LogP contribution in [0.5, 0.6) is 11.5 Å². The molecule has 138 valence electrons. The fourth-order valence-corrected chi connectivity index (χ4v) is 4.71. The summed E-state index contributed by atoms with van der Waals surface area (Å²) in [5.41, 5.74) is 1.18. The third-order valence-corrected chi connectivity index (χ3v) is 6.26. The number of ether oxygens (including phenoxy) is 1. The summed E-state index contributed by atoms with van der Waals surface area (Å²) >= 11 is 0. The van der Waals surface area contributed by atoms with E-state index in [1.54, 1.807) is 78.6 Å². The van der Waals surface area contributed by atoms with E-state index in [0.29, 0.717) is 22.9 Å². The zero-order valence-electron chi connectivity index (χ0n) is 15.6. The van der Waals surface area contributed by atoms with Gasteiger partial charge in [0.15, 0.2) is 16.4 Å². The Balaban J connectivity index is 0.00000225. The standard InChI is InChI=1S/C20H18N2O4S.Na/c1-2-20(27(23,24)25,19-13-7-8-14-21-19)22-15-9-3-5-11-17(15)26-18-12-6-4-10-16(18)22;/h3-14H,2H2,1H3,(H,23,24,25);/q;+1/p-1. The third kappa shape index (κ3) is 3.13. The SMILES string of the molecule is CCC(c1ccccn1)(N1c2ccccc2Oc2ccccc21)S(=O)(=O)[O-].[Na+]. The van der Waals surface area contributed by atoms with Crippen LogP contribution in [0.3, 0.4) is 0 Å². The van der Waals surface area contributed by atoms with Gasteiger partial charge in [-0.3, -0.25) is 4.98 Å². The molecule has 8 heteroatoms. The van der Waals surface area contributed by atoms with Crippen LogP contribution in [-0.4, -0.2) is 18.0 Å². The molecule has 1 atom stereocenters. The minimum Gasteiger partial charge on any atom is -0.746 e. The normalized spacial score (nSPS) is 14.7. The summed E-state index contributed by atoms with van der Waals surface area (Å²) in [4.78, 5) is 3.88. The second kappa shape index (κ2) is 7.85. The average molecular weight is 404 g/mol. The van der Waals surface area contributed by atoms with Gasteiger partial charge in [-0.2, -0.15) is 0 Å². The van der Waals surface area contributed by atoms with Gasteiger partial charge in [-0.15, -0.1) is 0 Å². The molecule has 0 aliphatic carbocycles. The molecule has 6 nitrogen and oxygen atoms in total. The van der Waals surface area contributed by atoms with Gasteiger partial charge in [-0.05, 0) is 42.8 Å². The maximum atomic E-state index is 12.7. The first-order chi connectivity index (χ1) is 13.0. The van der Waals surface area contributed by atoms with E-state index in [1.165, 1.54) is 6.20 Å². The zero-order valence-corrected chi connectivity index (χ0v) is 18.4. The second-order valence-corrected chi connectivity index (χ2v) is 7.76. The van der Waals surface area contributed by atoms with Crippen molar-refractivity contribution in [3.63, 3.8) is 0 Å². The number of benzene rings is 2. The number of para-hydroxylation sites is 4. The van der Waals surface area contributed by atoms with Crippen LogP contribution in [-0.2, 0) is 15.0 Å². The molecule has 1 aliphatic rings. The minimum atomic E-state index is -4.86. The number of rotatable bonds is 4. The van der Waals surface area contributed by atoms with Crippen molar-refractivity contribution in [3.8, 4) is 11.5 Å². The number of nitrogens with zero attached hydrogens (tertiary/aromatic N) is 2. The molecule has 28 heavy (non-hydrogen) atoms. The third-order valence-electron chi connectivity index (χ3n) is 4.75. The first kappa shape index (κ1) is 20.8. The molecule has 0 spiro atoms. The van der Waals surface area contributed by atoms with Crippen molar-refractivity contribution in [1.82, 2.24) is 4.98 Å². The number of hydrogen-bond acceptors (Lipinski definition) is 6. The van der Waals surface area contributed by atoms with Crippen molar-refractivity contribution in [3.05, 3.63) is 78.6 Å². The quantitative estimate of drug-likeness (QED) is 0.479. The topological polar surface area (TPSA) is 82.6 Å². The largest absolute Gasteiger partial charge is 1.00 e. The van der Waals surface area contributed by atoms with Crippen molar-refractivity contribution in [1.29, 1.82) is 0 Å². The van der Waals surface area contributed by atoms with Crippen LogP contribution in [0.1, 0.15) is 19.0 Å². The number of pyridine rings is 1. The summed E-state index contributed by atoms with van der Waals surface area (Å²) in [6.45, 7) is 1.67. The fourth-order valence-electron chi connectivity index (χ4n) is 3.56. The van der Waals surface area contributed by atoms with E-state index in [-0.39, 0.29) is 41.7 Å². The van der Waals surface area contributed by atoms with Crippen molar-refractivity contribution in [2.75, 3.05) is 4.90 Å². The van der Waals surface area contributed by atoms with Crippen LogP contribution in [0, 0.1) is 0 Å². The van der Waals surface area contributed by atoms with E-state index >= 15 is 0 Å². The Morgan fingerprint density at radius 1 is 0.964 bits per heavy atom. The van der Waals surface area contributed by atoms with Gasteiger partial charge in [0.2, 0.25) is 0 Å². The minimum absolute atomic E-state index is 0. The van der Waals surface area contributed by atoms with Crippen LogP contribution in [0.15, 0.2) is 72.9 Å². The molecule has 0 N–H and O–H groups in total. The smallest absolute Gasteiger partial charge is 0.746 e. The van der Waals surface area contributed by atoms with Gasteiger partial charge in [0.1, 0.15) is 10.1 Å². The van der Waals surface area contributed by atoms with Crippen molar-refractivity contribution < 1.29 is 47.3 Å². The molecule has 2 heterocycles. The number of fused-ring (bicyclic) bond motifs is 2. The van der Waals surface area contributed by atoms with Gasteiger partial charge in [0, 0.05) is 6.20 Å². The van der Waals surface area contributed by atoms with Crippen LogP contribution in [0.4, 0.5) is 11.4 Å². The van der Waals surface area contributed by atoms with Crippen LogP contribution in [0.2, 0.25) is 0 Å². The average Bonchev–Trinajstić information content (AvgIpc) is 2.68. The molecule has 0 radical (unpaired) electrons. The van der Waals surface area contributed by atoms with Gasteiger partial charge in [-0.1, -0.05) is 37.3 Å². The number of aromatic nitrogens is 1. The fraction of sp³-hybridized carbons (Fsp3) is 0.150. The van der Waals surface area contributed by atoms with Crippen molar-refractivity contribution >= 4 is 21.5 Å². The van der Waals surface area contributed by atoms with Gasteiger partial charge >= 0.3 is 29.6 Å². The first-order valence-electron chi connectivity index (χ1n) is 8.52. The van der Waals surface area contributed by atoms with Crippen LogP contribution < -0.4 is 39.2 Å². The van der Waals surface area contributed by atoms with E-state index in [9.17, 15) is 13.0 Å². The summed E-state index contributed by atoms with van der Waals surface area (Å²) in [6.07, 6.45) is 1.50. The van der Waals surface area contributed by atoms with Gasteiger partial charge < -0.3 is 14.2 Å². The summed E-state index contributed by atoms with van der Waals surface area (Å²) in [7, 11) is -4.86. The second-order valence-electron chi connectivity index (χ2n) is 6.18. The number of hydrogen-bond donors (Lipinski definition) is 0. The summed E-state index contributed by atoms with van der Waals surface area (Å²) in [6, 6.07) is 19.0. The maximum Gasteiger partial charge on any atom is 1.00 e. The Morgan fingerprint density at radius 2 is 1.50 bits per heavy atom. The molecular formula is C20H17N2NaO4S. The molecule has 4 rings (SSSR count). The molecular weight excluding hydrogens is 387 g/mol. The summed E-state index contributed by atoms with van der Waals surface area (Å²) in [5.74, 6) is 0.960. The molecule has 0 bridgehead atoms. The predicted octanol–water partition coefficient (Wildman–Crippen LogP) is 1.14. The Bertz CT molecular complexity index is 1050. The molecule has 1 unspecified atom stereocenters. The van der Waals surface area contributed by atoms with Crippen LogP contribution >= 0.6 is 0 Å². The monoisotopic (exact) mass is 404 g/mol.